The predicted molar refractivity (Wildman–Crippen MR) is 86.2 cm³/mol. The molecule has 2 aromatic carbocycles. The summed E-state index contributed by atoms with van der Waals surface area (Å²) in [6.07, 6.45) is 1.83. The zero-order chi connectivity index (χ0) is 14.8. The van der Waals surface area contributed by atoms with E-state index in [0.29, 0.717) is 0 Å². The monoisotopic (exact) mass is 282 g/mol. The van der Waals surface area contributed by atoms with Gasteiger partial charge in [-0.3, -0.25) is 4.79 Å². The second-order valence-corrected chi connectivity index (χ2v) is 5.99. The summed E-state index contributed by atoms with van der Waals surface area (Å²) in [7, 11) is 0. The van der Waals surface area contributed by atoms with E-state index in [0.717, 1.165) is 31.5 Å². The topological polar surface area (TPSA) is 46.3 Å². The van der Waals surface area contributed by atoms with Gasteiger partial charge in [-0.15, -0.1) is 0 Å². The van der Waals surface area contributed by atoms with Crippen molar-refractivity contribution >= 4 is 16.7 Å². The third-order valence-electron chi connectivity index (χ3n) is 4.50. The third-order valence-corrected chi connectivity index (χ3v) is 4.50. The van der Waals surface area contributed by atoms with Gasteiger partial charge in [0.2, 0.25) is 5.91 Å². The Morgan fingerprint density at radius 1 is 1.14 bits per heavy atom. The molecule has 1 saturated heterocycles. The van der Waals surface area contributed by atoms with Gasteiger partial charge in [-0.2, -0.15) is 0 Å². The van der Waals surface area contributed by atoms with Crippen molar-refractivity contribution in [3.05, 3.63) is 48.0 Å². The molecule has 1 aliphatic rings. The Kier molecular flexibility index (Phi) is 3.93. The zero-order valence-electron chi connectivity index (χ0n) is 12.5. The molecular formula is C18H22N2O. The normalized spacial score (nSPS) is 17.9. The van der Waals surface area contributed by atoms with Crippen LogP contribution < -0.4 is 5.73 Å². The minimum absolute atomic E-state index is 0.0936. The molecule has 1 aliphatic heterocycles. The maximum absolute atomic E-state index is 12.6. The van der Waals surface area contributed by atoms with Crippen LogP contribution >= 0.6 is 0 Å². The molecule has 3 rings (SSSR count). The van der Waals surface area contributed by atoms with Crippen molar-refractivity contribution in [2.75, 3.05) is 13.1 Å². The lowest BCUT2D eigenvalue weighted by molar-refractivity contribution is -0.133. The van der Waals surface area contributed by atoms with E-state index in [2.05, 4.69) is 30.3 Å². The highest BCUT2D eigenvalue weighted by molar-refractivity contribution is 5.87. The molecule has 1 heterocycles. The van der Waals surface area contributed by atoms with Gasteiger partial charge in [-0.25, -0.2) is 0 Å². The predicted octanol–water partition coefficient (Wildman–Crippen LogP) is 2.89. The number of carbonyl (C=O) groups excluding carboxylic acids is 1. The van der Waals surface area contributed by atoms with E-state index in [9.17, 15) is 4.79 Å². The van der Waals surface area contributed by atoms with Crippen LogP contribution in [0.5, 0.6) is 0 Å². The minimum atomic E-state index is -0.0936. The quantitative estimate of drug-likeness (QED) is 0.920. The Labute approximate surface area is 125 Å². The molecule has 1 unspecified atom stereocenters. The van der Waals surface area contributed by atoms with Crippen molar-refractivity contribution in [2.24, 2.45) is 5.73 Å². The van der Waals surface area contributed by atoms with E-state index in [1.54, 1.807) is 0 Å². The molecule has 1 amide bonds. The summed E-state index contributed by atoms with van der Waals surface area (Å²) in [5.41, 5.74) is 7.00. The minimum Gasteiger partial charge on any atom is -0.342 e. The summed E-state index contributed by atoms with van der Waals surface area (Å²) in [5.74, 6) is 0.126. The highest BCUT2D eigenvalue weighted by Gasteiger charge is 2.25. The van der Waals surface area contributed by atoms with Gasteiger partial charge in [0.25, 0.3) is 0 Å². The number of amides is 1. The Morgan fingerprint density at radius 2 is 1.81 bits per heavy atom. The van der Waals surface area contributed by atoms with Gasteiger partial charge in [0, 0.05) is 19.1 Å². The lowest BCUT2D eigenvalue weighted by Gasteiger charge is -2.32. The molecule has 3 nitrogen and oxygen atoms in total. The van der Waals surface area contributed by atoms with E-state index >= 15 is 0 Å². The molecule has 0 bridgehead atoms. The smallest absolute Gasteiger partial charge is 0.229 e. The average Bonchev–Trinajstić information content (AvgIpc) is 2.54. The number of piperidine rings is 1. The van der Waals surface area contributed by atoms with Gasteiger partial charge in [-0.05, 0) is 36.1 Å². The molecule has 0 aliphatic carbocycles. The molecule has 0 spiro atoms. The second kappa shape index (κ2) is 5.86. The number of rotatable bonds is 2. The van der Waals surface area contributed by atoms with E-state index in [1.165, 1.54) is 10.8 Å². The fraction of sp³-hybridized carbons (Fsp3) is 0.389. The third kappa shape index (κ3) is 2.93. The Morgan fingerprint density at radius 3 is 2.52 bits per heavy atom. The number of nitrogens with zero attached hydrogens (tertiary/aromatic N) is 1. The molecule has 3 heteroatoms. The average molecular weight is 282 g/mol. The standard InChI is InChI=1S/C18H22N2O/c1-13(18(21)20-10-8-17(19)9-11-20)15-7-6-14-4-2-3-5-16(14)12-15/h2-7,12-13,17H,8-11,19H2,1H3. The summed E-state index contributed by atoms with van der Waals surface area (Å²) >= 11 is 0. The maximum atomic E-state index is 12.6. The van der Waals surface area contributed by atoms with Gasteiger partial charge in [-0.1, -0.05) is 42.5 Å². The molecule has 2 aromatic rings. The van der Waals surface area contributed by atoms with Gasteiger partial charge >= 0.3 is 0 Å². The largest absolute Gasteiger partial charge is 0.342 e. The van der Waals surface area contributed by atoms with Gasteiger partial charge in [0.15, 0.2) is 0 Å². The van der Waals surface area contributed by atoms with Crippen LogP contribution in [0, 0.1) is 0 Å². The molecule has 110 valence electrons. The second-order valence-electron chi connectivity index (χ2n) is 5.99. The van der Waals surface area contributed by atoms with E-state index in [4.69, 9.17) is 5.73 Å². The number of hydrogen-bond donors (Lipinski definition) is 1. The zero-order valence-corrected chi connectivity index (χ0v) is 12.5. The van der Waals surface area contributed by atoms with Crippen LogP contribution in [0.1, 0.15) is 31.2 Å². The summed E-state index contributed by atoms with van der Waals surface area (Å²) in [6.45, 7) is 3.58. The molecule has 0 saturated carbocycles. The Hall–Kier alpha value is -1.87. The van der Waals surface area contributed by atoms with Crippen LogP contribution in [-0.4, -0.2) is 29.9 Å². The number of fused-ring (bicyclic) bond motifs is 1. The number of hydrogen-bond acceptors (Lipinski definition) is 2. The molecule has 2 N–H and O–H groups in total. The first-order valence-electron chi connectivity index (χ1n) is 7.68. The van der Waals surface area contributed by atoms with Crippen molar-refractivity contribution in [1.82, 2.24) is 4.90 Å². The maximum Gasteiger partial charge on any atom is 0.229 e. The number of likely N-dealkylation sites (tertiary alicyclic amines) is 1. The SMILES string of the molecule is CC(C(=O)N1CCC(N)CC1)c1ccc2ccccc2c1. The summed E-state index contributed by atoms with van der Waals surface area (Å²) in [4.78, 5) is 14.6. The highest BCUT2D eigenvalue weighted by atomic mass is 16.2. The van der Waals surface area contributed by atoms with Crippen LogP contribution in [-0.2, 0) is 4.79 Å². The lowest BCUT2D eigenvalue weighted by Crippen LogP contribution is -2.44. The molecule has 1 atom stereocenters. The molecule has 0 radical (unpaired) electrons. The molecular weight excluding hydrogens is 260 g/mol. The van der Waals surface area contributed by atoms with Crippen molar-refractivity contribution < 1.29 is 4.79 Å². The van der Waals surface area contributed by atoms with Crippen LogP contribution in [0.2, 0.25) is 0 Å². The number of benzene rings is 2. The van der Waals surface area contributed by atoms with Crippen molar-refractivity contribution in [1.29, 1.82) is 0 Å². The summed E-state index contributed by atoms with van der Waals surface area (Å²) < 4.78 is 0. The highest BCUT2D eigenvalue weighted by Crippen LogP contribution is 2.24. The molecule has 21 heavy (non-hydrogen) atoms. The van der Waals surface area contributed by atoms with Crippen molar-refractivity contribution in [3.63, 3.8) is 0 Å². The summed E-state index contributed by atoms with van der Waals surface area (Å²) in [5, 5.41) is 2.40. The van der Waals surface area contributed by atoms with Crippen LogP contribution in [0.3, 0.4) is 0 Å². The Balaban J connectivity index is 1.79. The lowest BCUT2D eigenvalue weighted by atomic mass is 9.95. The molecule has 0 aromatic heterocycles. The number of carbonyl (C=O) groups is 1. The first-order valence-corrected chi connectivity index (χ1v) is 7.68. The molecule has 1 fully saturated rings. The van der Waals surface area contributed by atoms with Gasteiger partial charge < -0.3 is 10.6 Å². The fourth-order valence-corrected chi connectivity index (χ4v) is 3.01. The fourth-order valence-electron chi connectivity index (χ4n) is 3.01. The van der Waals surface area contributed by atoms with Crippen LogP contribution in [0.25, 0.3) is 10.8 Å². The summed E-state index contributed by atoms with van der Waals surface area (Å²) in [6, 6.07) is 14.8. The van der Waals surface area contributed by atoms with E-state index < -0.39 is 0 Å². The first kappa shape index (κ1) is 14.1. The van der Waals surface area contributed by atoms with Gasteiger partial charge in [0.1, 0.15) is 0 Å². The van der Waals surface area contributed by atoms with Gasteiger partial charge in [0.05, 0.1) is 5.92 Å². The van der Waals surface area contributed by atoms with Crippen molar-refractivity contribution in [2.45, 2.75) is 31.7 Å². The van der Waals surface area contributed by atoms with Crippen LogP contribution in [0.15, 0.2) is 42.5 Å². The van der Waals surface area contributed by atoms with E-state index in [1.807, 2.05) is 24.0 Å². The van der Waals surface area contributed by atoms with Crippen molar-refractivity contribution in [3.8, 4) is 0 Å². The number of nitrogens with two attached hydrogens (primary N) is 1. The first-order chi connectivity index (χ1) is 10.1. The Bertz CT molecular complexity index is 644. The van der Waals surface area contributed by atoms with E-state index in [-0.39, 0.29) is 17.9 Å². The van der Waals surface area contributed by atoms with Crippen LogP contribution in [0.4, 0.5) is 0 Å².